The highest BCUT2D eigenvalue weighted by molar-refractivity contribution is 5.93. The number of nitrogens with zero attached hydrogens (tertiary/aromatic N) is 2. The van der Waals surface area contributed by atoms with Gasteiger partial charge in [0.25, 0.3) is 5.91 Å². The lowest BCUT2D eigenvalue weighted by Crippen LogP contribution is -2.38. The first kappa shape index (κ1) is 24.1. The lowest BCUT2D eigenvalue weighted by molar-refractivity contribution is -0.152. The van der Waals surface area contributed by atoms with E-state index in [1.807, 2.05) is 4.90 Å². The highest BCUT2D eigenvalue weighted by atomic mass is 19.4. The van der Waals surface area contributed by atoms with Gasteiger partial charge in [-0.2, -0.15) is 13.2 Å². The Balaban J connectivity index is 1.46. The zero-order chi connectivity index (χ0) is 24.0. The maximum Gasteiger partial charge on any atom is 0.417 e. The van der Waals surface area contributed by atoms with E-state index in [-0.39, 0.29) is 0 Å². The van der Waals surface area contributed by atoms with Crippen LogP contribution < -0.4 is 19.7 Å². The number of amides is 1. The lowest BCUT2D eigenvalue weighted by atomic mass is 9.97. The molecular formula is C22H24F3N3O5. The Morgan fingerprint density at radius 3 is 2.24 bits per heavy atom. The largest absolute Gasteiger partial charge is 0.497 e. The summed E-state index contributed by atoms with van der Waals surface area (Å²) in [5, 5.41) is 2.62. The number of ether oxygens (including phenoxy) is 3. The monoisotopic (exact) mass is 467 g/mol. The van der Waals surface area contributed by atoms with Crippen molar-refractivity contribution in [3.8, 4) is 11.5 Å². The zero-order valence-electron chi connectivity index (χ0n) is 18.1. The second-order valence-electron chi connectivity index (χ2n) is 7.42. The number of halogens is 3. The van der Waals surface area contributed by atoms with Gasteiger partial charge in [0.2, 0.25) is 0 Å². The molecule has 1 amide bonds. The summed E-state index contributed by atoms with van der Waals surface area (Å²) >= 11 is 0. The topological polar surface area (TPSA) is 90.0 Å². The van der Waals surface area contributed by atoms with Gasteiger partial charge in [-0.25, -0.2) is 4.98 Å². The molecule has 1 aliphatic rings. The summed E-state index contributed by atoms with van der Waals surface area (Å²) < 4.78 is 53.5. The van der Waals surface area contributed by atoms with E-state index in [0.717, 1.165) is 12.3 Å². The first-order valence-corrected chi connectivity index (χ1v) is 10.2. The van der Waals surface area contributed by atoms with Gasteiger partial charge in [0.05, 0.1) is 25.7 Å². The van der Waals surface area contributed by atoms with Crippen LogP contribution in [-0.4, -0.2) is 50.8 Å². The van der Waals surface area contributed by atoms with Crippen LogP contribution in [0.4, 0.5) is 24.7 Å². The highest BCUT2D eigenvalue weighted by Gasteiger charge is 2.31. The van der Waals surface area contributed by atoms with Crippen LogP contribution in [0.25, 0.3) is 0 Å². The van der Waals surface area contributed by atoms with E-state index >= 15 is 0 Å². The van der Waals surface area contributed by atoms with Gasteiger partial charge < -0.3 is 24.4 Å². The molecule has 178 valence electrons. The van der Waals surface area contributed by atoms with Crippen LogP contribution in [-0.2, 0) is 20.5 Å². The number of pyridine rings is 1. The molecule has 11 heteroatoms. The van der Waals surface area contributed by atoms with E-state index in [9.17, 15) is 22.8 Å². The van der Waals surface area contributed by atoms with Crippen LogP contribution >= 0.6 is 0 Å². The molecule has 0 atom stereocenters. The molecule has 1 aromatic carbocycles. The van der Waals surface area contributed by atoms with E-state index in [1.165, 1.54) is 20.3 Å². The van der Waals surface area contributed by atoms with Gasteiger partial charge in [-0.3, -0.25) is 9.59 Å². The van der Waals surface area contributed by atoms with Crippen molar-refractivity contribution in [3.63, 3.8) is 0 Å². The number of nitrogens with one attached hydrogen (secondary N) is 1. The van der Waals surface area contributed by atoms with Gasteiger partial charge in [0, 0.05) is 43.2 Å². The van der Waals surface area contributed by atoms with Crippen molar-refractivity contribution in [2.75, 3.05) is 44.1 Å². The van der Waals surface area contributed by atoms with Crippen LogP contribution in [0.15, 0.2) is 36.5 Å². The van der Waals surface area contributed by atoms with Crippen molar-refractivity contribution >= 4 is 23.4 Å². The van der Waals surface area contributed by atoms with E-state index in [1.54, 1.807) is 18.2 Å². The minimum Gasteiger partial charge on any atom is -0.497 e. The zero-order valence-corrected chi connectivity index (χ0v) is 18.1. The Hall–Kier alpha value is -3.50. The van der Waals surface area contributed by atoms with Crippen molar-refractivity contribution in [2.24, 2.45) is 5.92 Å². The lowest BCUT2D eigenvalue weighted by Gasteiger charge is -2.31. The van der Waals surface area contributed by atoms with Crippen molar-refractivity contribution in [3.05, 3.63) is 42.1 Å². The Kier molecular flexibility index (Phi) is 7.62. The molecule has 1 aliphatic heterocycles. The molecule has 0 spiro atoms. The molecule has 3 rings (SSSR count). The second kappa shape index (κ2) is 10.4. The number of carbonyl (C=O) groups is 2. The van der Waals surface area contributed by atoms with Gasteiger partial charge in [-0.1, -0.05) is 0 Å². The van der Waals surface area contributed by atoms with Crippen molar-refractivity contribution < 1.29 is 37.0 Å². The molecule has 0 bridgehead atoms. The Morgan fingerprint density at radius 2 is 1.73 bits per heavy atom. The fourth-order valence-electron chi connectivity index (χ4n) is 3.42. The van der Waals surface area contributed by atoms with Gasteiger partial charge in [-0.15, -0.1) is 0 Å². The fourth-order valence-corrected chi connectivity index (χ4v) is 3.42. The third-order valence-electron chi connectivity index (χ3n) is 5.21. The number of benzene rings is 1. The molecule has 1 aromatic heterocycles. The Bertz CT molecular complexity index is 952. The van der Waals surface area contributed by atoms with Crippen molar-refractivity contribution in [1.29, 1.82) is 0 Å². The molecule has 1 fully saturated rings. The van der Waals surface area contributed by atoms with Gasteiger partial charge >= 0.3 is 12.1 Å². The molecule has 8 nitrogen and oxygen atoms in total. The molecule has 2 aromatic rings. The SMILES string of the molecule is COc1cc(NC(=O)COC(=O)C2CCN(c3ccc(C(F)(F)F)cn3)CC2)cc(OC)c1. The molecule has 2 heterocycles. The van der Waals surface area contributed by atoms with Crippen molar-refractivity contribution in [1.82, 2.24) is 4.98 Å². The molecular weight excluding hydrogens is 443 g/mol. The predicted molar refractivity (Wildman–Crippen MR) is 113 cm³/mol. The quantitative estimate of drug-likeness (QED) is 0.624. The van der Waals surface area contributed by atoms with Crippen LogP contribution in [0, 0.1) is 5.92 Å². The van der Waals surface area contributed by atoms with Gasteiger partial charge in [-0.05, 0) is 25.0 Å². The predicted octanol–water partition coefficient (Wildman–Crippen LogP) is 3.52. The standard InChI is InChI=1S/C22H24F3N3O5/c1-31-17-9-16(10-18(11-17)32-2)27-20(29)13-33-21(30)14-5-7-28(8-6-14)19-4-3-15(12-26-19)22(23,24)25/h3-4,9-12,14H,5-8,13H2,1-2H3,(H,27,29). The number of rotatable bonds is 7. The van der Waals surface area contributed by atoms with Crippen LogP contribution in [0.3, 0.4) is 0 Å². The highest BCUT2D eigenvalue weighted by Crippen LogP contribution is 2.30. The molecule has 1 N–H and O–H groups in total. The summed E-state index contributed by atoms with van der Waals surface area (Å²) in [5.74, 6) is 0.00801. The van der Waals surface area contributed by atoms with Crippen LogP contribution in [0.2, 0.25) is 0 Å². The third-order valence-corrected chi connectivity index (χ3v) is 5.21. The first-order chi connectivity index (χ1) is 15.7. The van der Waals surface area contributed by atoms with Gasteiger partial charge in [0.15, 0.2) is 6.61 Å². The first-order valence-electron chi connectivity index (χ1n) is 10.2. The maximum absolute atomic E-state index is 12.7. The van der Waals surface area contributed by atoms with Crippen LogP contribution in [0.5, 0.6) is 11.5 Å². The minimum atomic E-state index is -4.44. The van der Waals surface area contributed by atoms with E-state index in [0.29, 0.717) is 48.9 Å². The summed E-state index contributed by atoms with van der Waals surface area (Å²) in [6.45, 7) is 0.431. The Labute approximate surface area is 188 Å². The summed E-state index contributed by atoms with van der Waals surface area (Å²) in [5.41, 5.74) is -0.375. The number of hydrogen-bond acceptors (Lipinski definition) is 7. The average molecular weight is 467 g/mol. The smallest absolute Gasteiger partial charge is 0.417 e. The number of hydrogen-bond donors (Lipinski definition) is 1. The number of alkyl halides is 3. The normalized spacial score (nSPS) is 14.5. The number of anilines is 2. The molecule has 0 unspecified atom stereocenters. The number of piperidine rings is 1. The molecule has 1 saturated heterocycles. The summed E-state index contributed by atoms with van der Waals surface area (Å²) in [4.78, 5) is 30.2. The number of aromatic nitrogens is 1. The van der Waals surface area contributed by atoms with Crippen molar-refractivity contribution in [2.45, 2.75) is 19.0 Å². The molecule has 0 radical (unpaired) electrons. The average Bonchev–Trinajstić information content (AvgIpc) is 2.81. The van der Waals surface area contributed by atoms with E-state index in [4.69, 9.17) is 14.2 Å². The fraction of sp³-hybridized carbons (Fsp3) is 0.409. The second-order valence-corrected chi connectivity index (χ2v) is 7.42. The number of esters is 1. The van der Waals surface area contributed by atoms with E-state index < -0.39 is 36.1 Å². The van der Waals surface area contributed by atoms with Crippen LogP contribution in [0.1, 0.15) is 18.4 Å². The Morgan fingerprint density at radius 1 is 1.09 bits per heavy atom. The maximum atomic E-state index is 12.7. The third kappa shape index (κ3) is 6.50. The summed E-state index contributed by atoms with van der Waals surface area (Å²) in [6.07, 6.45) is -2.76. The summed E-state index contributed by atoms with van der Waals surface area (Å²) in [7, 11) is 2.97. The number of carbonyl (C=O) groups excluding carboxylic acids is 2. The minimum absolute atomic E-state index is 0.402. The molecule has 0 aliphatic carbocycles. The number of methoxy groups -OCH3 is 2. The van der Waals surface area contributed by atoms with E-state index in [2.05, 4.69) is 10.3 Å². The molecule has 33 heavy (non-hydrogen) atoms. The van der Waals surface area contributed by atoms with Gasteiger partial charge in [0.1, 0.15) is 17.3 Å². The summed E-state index contributed by atoms with van der Waals surface area (Å²) in [6, 6.07) is 7.17. The molecule has 0 saturated carbocycles.